The van der Waals surface area contributed by atoms with E-state index in [1.807, 2.05) is 0 Å². The zero-order valence-electron chi connectivity index (χ0n) is 37.5. The van der Waals surface area contributed by atoms with Crippen LogP contribution in [0.4, 0.5) is 0 Å². The van der Waals surface area contributed by atoms with Crippen LogP contribution in [0.2, 0.25) is 0 Å². The van der Waals surface area contributed by atoms with Gasteiger partial charge < -0.3 is 26.0 Å². The van der Waals surface area contributed by atoms with Crippen LogP contribution < -0.4 is 21.3 Å². The molecule has 0 fully saturated rings. The molecule has 340 valence electrons. The predicted molar refractivity (Wildman–Crippen MR) is 237 cm³/mol. The number of carbonyl (C=O) groups is 6. The van der Waals surface area contributed by atoms with Gasteiger partial charge in [-0.1, -0.05) is 168 Å². The average Bonchev–Trinajstić information content (AvgIpc) is 3.55. The Hall–Kier alpha value is -3.28. The Morgan fingerprint density at radius 2 is 0.915 bits per heavy atom. The van der Waals surface area contributed by atoms with Gasteiger partial charge in [-0.15, -0.1) is 0 Å². The molecule has 6 amide bonds. The largest absolute Gasteiger partial charge is 0.380 e. The lowest BCUT2D eigenvalue weighted by molar-refractivity contribution is -0.137. The average molecular weight is 832 g/mol. The minimum absolute atomic E-state index is 0.0161. The first-order valence-corrected chi connectivity index (χ1v) is 24.0. The quantitative estimate of drug-likeness (QED) is 0.0354. The third kappa shape index (κ3) is 32.2. The zero-order valence-corrected chi connectivity index (χ0v) is 37.5. The van der Waals surface area contributed by atoms with Crippen LogP contribution in [0.15, 0.2) is 12.2 Å². The summed E-state index contributed by atoms with van der Waals surface area (Å²) in [5.41, 5.74) is 0. The van der Waals surface area contributed by atoms with Gasteiger partial charge in [-0.25, -0.2) is 0 Å². The zero-order chi connectivity index (χ0) is 43.0. The van der Waals surface area contributed by atoms with Crippen LogP contribution in [0.25, 0.3) is 0 Å². The van der Waals surface area contributed by atoms with Gasteiger partial charge in [0.25, 0.3) is 11.8 Å². The van der Waals surface area contributed by atoms with Gasteiger partial charge in [-0.3, -0.25) is 33.7 Å². The van der Waals surface area contributed by atoms with Crippen LogP contribution in [-0.4, -0.2) is 85.8 Å². The van der Waals surface area contributed by atoms with E-state index in [0.717, 1.165) is 43.4 Å². The molecule has 4 N–H and O–H groups in total. The number of rotatable bonds is 42. The summed E-state index contributed by atoms with van der Waals surface area (Å²) in [5.74, 6) is -1.75. The van der Waals surface area contributed by atoms with Gasteiger partial charge in [-0.2, -0.15) is 0 Å². The molecule has 12 nitrogen and oxygen atoms in total. The molecule has 1 rings (SSSR count). The summed E-state index contributed by atoms with van der Waals surface area (Å²) >= 11 is 0. The highest BCUT2D eigenvalue weighted by Crippen LogP contribution is 2.14. The van der Waals surface area contributed by atoms with Crippen molar-refractivity contribution in [3.63, 3.8) is 0 Å². The number of imide groups is 1. The SMILES string of the molecule is CCCCCCCCCCCCCCCC(=O)NC[C@H](NC(=O)CCCCCCCCCCCCCCC)C(=O)NCCCOCCNC(=O)CCN1C(=O)C=CC1=O. The number of nitrogens with zero attached hydrogens (tertiary/aromatic N) is 1. The van der Waals surface area contributed by atoms with E-state index in [2.05, 4.69) is 35.1 Å². The molecule has 1 heterocycles. The molecule has 59 heavy (non-hydrogen) atoms. The third-order valence-corrected chi connectivity index (χ3v) is 11.0. The second kappa shape index (κ2) is 38.9. The Bertz CT molecular complexity index is 1150. The van der Waals surface area contributed by atoms with E-state index in [-0.39, 0.29) is 56.3 Å². The molecule has 0 aliphatic carbocycles. The summed E-state index contributed by atoms with van der Waals surface area (Å²) in [5, 5.41) is 11.3. The van der Waals surface area contributed by atoms with Crippen molar-refractivity contribution >= 4 is 35.4 Å². The van der Waals surface area contributed by atoms with Crippen molar-refractivity contribution in [2.45, 2.75) is 213 Å². The predicted octanol–water partition coefficient (Wildman–Crippen LogP) is 8.50. The summed E-state index contributed by atoms with van der Waals surface area (Å²) in [6.07, 6.45) is 35.8. The van der Waals surface area contributed by atoms with Crippen molar-refractivity contribution in [3.8, 4) is 0 Å². The Labute approximate surface area is 358 Å². The highest BCUT2D eigenvalue weighted by atomic mass is 16.5. The molecule has 0 aromatic rings. The normalized spacial score (nSPS) is 12.9. The molecule has 0 unspecified atom stereocenters. The topological polar surface area (TPSA) is 163 Å². The molecule has 0 aromatic heterocycles. The number of amides is 6. The van der Waals surface area contributed by atoms with Crippen LogP contribution in [0.5, 0.6) is 0 Å². The fourth-order valence-corrected chi connectivity index (χ4v) is 7.21. The highest BCUT2D eigenvalue weighted by Gasteiger charge is 2.24. The number of ether oxygens (including phenoxy) is 1. The van der Waals surface area contributed by atoms with E-state index < -0.39 is 17.9 Å². The van der Waals surface area contributed by atoms with Crippen molar-refractivity contribution < 1.29 is 33.5 Å². The maximum absolute atomic E-state index is 13.2. The minimum Gasteiger partial charge on any atom is -0.380 e. The van der Waals surface area contributed by atoms with Gasteiger partial charge in [0.2, 0.25) is 23.6 Å². The van der Waals surface area contributed by atoms with Gasteiger partial charge in [0.1, 0.15) is 6.04 Å². The minimum atomic E-state index is -0.863. The van der Waals surface area contributed by atoms with E-state index >= 15 is 0 Å². The lowest BCUT2D eigenvalue weighted by atomic mass is 10.0. The molecule has 0 saturated heterocycles. The number of hydrogen-bond donors (Lipinski definition) is 4. The maximum Gasteiger partial charge on any atom is 0.253 e. The molecular weight excluding hydrogens is 747 g/mol. The Kier molecular flexibility index (Phi) is 35.4. The first-order chi connectivity index (χ1) is 28.8. The lowest BCUT2D eigenvalue weighted by Crippen LogP contribution is -2.52. The number of carbonyl (C=O) groups excluding carboxylic acids is 6. The first-order valence-electron chi connectivity index (χ1n) is 24.0. The number of unbranched alkanes of at least 4 members (excludes halogenated alkanes) is 24. The molecule has 0 bridgehead atoms. The molecule has 12 heteroatoms. The van der Waals surface area contributed by atoms with E-state index in [9.17, 15) is 28.8 Å². The van der Waals surface area contributed by atoms with Crippen LogP contribution in [0.1, 0.15) is 206 Å². The van der Waals surface area contributed by atoms with Gasteiger partial charge in [0.15, 0.2) is 0 Å². The third-order valence-electron chi connectivity index (χ3n) is 11.0. The van der Waals surface area contributed by atoms with Crippen molar-refractivity contribution in [2.24, 2.45) is 0 Å². The summed E-state index contributed by atoms with van der Waals surface area (Å²) < 4.78 is 5.57. The molecule has 1 aliphatic heterocycles. The second-order valence-corrected chi connectivity index (χ2v) is 16.4. The number of nitrogens with one attached hydrogen (secondary N) is 4. The van der Waals surface area contributed by atoms with E-state index in [1.54, 1.807) is 0 Å². The standard InChI is InChI=1S/C47H85N5O7/c1-3-5-7-9-11-13-15-17-19-21-23-25-27-30-42(53)50-40-41(51-44(55)31-28-26-24-22-20-18-16-14-12-10-8-6-4-2)47(58)49-35-29-38-59-39-36-48-43(54)34-37-52-45(56)32-33-46(52)57/h32-33,41H,3-31,34-40H2,1-2H3,(H,48,54)(H,49,58)(H,50,53)(H,51,55)/t41-/m0/s1. The molecule has 0 saturated carbocycles. The molecule has 1 aliphatic rings. The molecule has 1 atom stereocenters. The molecule has 0 spiro atoms. The van der Waals surface area contributed by atoms with E-state index in [4.69, 9.17) is 4.74 Å². The molecule has 0 aromatic carbocycles. The molecule has 0 radical (unpaired) electrons. The first kappa shape index (κ1) is 53.7. The van der Waals surface area contributed by atoms with Crippen molar-refractivity contribution in [2.75, 3.05) is 39.4 Å². The van der Waals surface area contributed by atoms with Crippen LogP contribution in [0.3, 0.4) is 0 Å². The van der Waals surface area contributed by atoms with Gasteiger partial charge >= 0.3 is 0 Å². The van der Waals surface area contributed by atoms with Crippen molar-refractivity contribution in [1.29, 1.82) is 0 Å². The van der Waals surface area contributed by atoms with Gasteiger partial charge in [0, 0.05) is 64.2 Å². The van der Waals surface area contributed by atoms with E-state index in [0.29, 0.717) is 32.4 Å². The highest BCUT2D eigenvalue weighted by molar-refractivity contribution is 6.13. The monoisotopic (exact) mass is 832 g/mol. The Balaban J connectivity index is 2.31. The van der Waals surface area contributed by atoms with Crippen molar-refractivity contribution in [3.05, 3.63) is 12.2 Å². The van der Waals surface area contributed by atoms with Crippen LogP contribution >= 0.6 is 0 Å². The fraction of sp³-hybridized carbons (Fsp3) is 0.830. The van der Waals surface area contributed by atoms with Crippen LogP contribution in [0, 0.1) is 0 Å². The second-order valence-electron chi connectivity index (χ2n) is 16.4. The Morgan fingerprint density at radius 1 is 0.492 bits per heavy atom. The van der Waals surface area contributed by atoms with Crippen LogP contribution in [-0.2, 0) is 33.5 Å². The summed E-state index contributed by atoms with van der Waals surface area (Å²) in [7, 11) is 0. The number of hydrogen-bond acceptors (Lipinski definition) is 7. The lowest BCUT2D eigenvalue weighted by Gasteiger charge is -2.19. The smallest absolute Gasteiger partial charge is 0.253 e. The van der Waals surface area contributed by atoms with E-state index in [1.165, 1.54) is 141 Å². The summed E-state index contributed by atoms with van der Waals surface area (Å²) in [6.45, 7) is 5.80. The van der Waals surface area contributed by atoms with Gasteiger partial charge in [0.05, 0.1) is 6.61 Å². The van der Waals surface area contributed by atoms with Gasteiger partial charge in [-0.05, 0) is 19.3 Å². The fourth-order valence-electron chi connectivity index (χ4n) is 7.21. The Morgan fingerprint density at radius 3 is 1.39 bits per heavy atom. The molecular formula is C47H85N5O7. The summed E-state index contributed by atoms with van der Waals surface area (Å²) in [6, 6.07) is -0.863. The van der Waals surface area contributed by atoms with Crippen molar-refractivity contribution in [1.82, 2.24) is 26.2 Å². The summed E-state index contributed by atoms with van der Waals surface area (Å²) in [4.78, 5) is 75.0. The maximum atomic E-state index is 13.2.